The zero-order valence-electron chi connectivity index (χ0n) is 11.6. The fourth-order valence-corrected chi connectivity index (χ4v) is 2.32. The largest absolute Gasteiger partial charge is 0.508 e. The van der Waals surface area contributed by atoms with E-state index >= 15 is 0 Å². The Morgan fingerprint density at radius 3 is 2.42 bits per heavy atom. The van der Waals surface area contributed by atoms with Crippen molar-refractivity contribution in [3.05, 3.63) is 24.3 Å². The van der Waals surface area contributed by atoms with E-state index in [1.807, 2.05) is 13.8 Å². The standard InChI is InChI=1S/C15H23NO3/c1-3-8-15(19,9-4-2)11-14(18)16-12-6-5-7-13(17)10-12/h5-7,10,17,19H,3-4,8-9,11H2,1-2H3,(H,16,18). The number of carbonyl (C=O) groups is 1. The van der Waals surface area contributed by atoms with Gasteiger partial charge in [0.05, 0.1) is 12.0 Å². The maximum Gasteiger partial charge on any atom is 0.227 e. The molecule has 1 aromatic rings. The molecule has 0 aliphatic rings. The lowest BCUT2D eigenvalue weighted by molar-refractivity contribution is -0.121. The van der Waals surface area contributed by atoms with Gasteiger partial charge in [-0.1, -0.05) is 32.8 Å². The number of phenolic OH excluding ortho intramolecular Hbond substituents is 1. The zero-order chi connectivity index (χ0) is 14.3. The van der Waals surface area contributed by atoms with E-state index < -0.39 is 5.60 Å². The molecular weight excluding hydrogens is 242 g/mol. The second kappa shape index (κ2) is 7.14. The van der Waals surface area contributed by atoms with E-state index in [-0.39, 0.29) is 18.1 Å². The summed E-state index contributed by atoms with van der Waals surface area (Å²) in [6.45, 7) is 3.99. The average molecular weight is 265 g/mol. The first kappa shape index (κ1) is 15.5. The third-order valence-electron chi connectivity index (χ3n) is 3.05. The topological polar surface area (TPSA) is 69.6 Å². The molecule has 0 atom stereocenters. The fraction of sp³-hybridized carbons (Fsp3) is 0.533. The molecule has 1 rings (SSSR count). The van der Waals surface area contributed by atoms with Crippen molar-refractivity contribution in [2.75, 3.05) is 5.32 Å². The van der Waals surface area contributed by atoms with Crippen molar-refractivity contribution in [2.45, 2.75) is 51.6 Å². The maximum atomic E-state index is 11.9. The van der Waals surface area contributed by atoms with Gasteiger partial charge >= 0.3 is 0 Å². The molecule has 0 unspecified atom stereocenters. The SMILES string of the molecule is CCCC(O)(CCC)CC(=O)Nc1cccc(O)c1. The van der Waals surface area contributed by atoms with Crippen LogP contribution >= 0.6 is 0 Å². The van der Waals surface area contributed by atoms with Crippen molar-refractivity contribution in [1.82, 2.24) is 0 Å². The number of aliphatic hydroxyl groups is 1. The van der Waals surface area contributed by atoms with Crippen molar-refractivity contribution >= 4 is 11.6 Å². The van der Waals surface area contributed by atoms with E-state index in [2.05, 4.69) is 5.32 Å². The summed E-state index contributed by atoms with van der Waals surface area (Å²) in [4.78, 5) is 11.9. The molecular formula is C15H23NO3. The van der Waals surface area contributed by atoms with Crippen LogP contribution in [0.3, 0.4) is 0 Å². The molecule has 0 fully saturated rings. The smallest absolute Gasteiger partial charge is 0.227 e. The van der Waals surface area contributed by atoms with Crippen molar-refractivity contribution < 1.29 is 15.0 Å². The van der Waals surface area contributed by atoms with Crippen LogP contribution in [0.4, 0.5) is 5.69 Å². The van der Waals surface area contributed by atoms with E-state index in [0.717, 1.165) is 12.8 Å². The lowest BCUT2D eigenvalue weighted by Gasteiger charge is -2.26. The number of amides is 1. The van der Waals surface area contributed by atoms with Gasteiger partial charge in [0, 0.05) is 11.8 Å². The summed E-state index contributed by atoms with van der Waals surface area (Å²) >= 11 is 0. The Kier molecular flexibility index (Phi) is 5.83. The van der Waals surface area contributed by atoms with E-state index in [1.165, 1.54) is 6.07 Å². The maximum absolute atomic E-state index is 11.9. The highest BCUT2D eigenvalue weighted by atomic mass is 16.3. The molecule has 0 aliphatic heterocycles. The Labute approximate surface area is 114 Å². The highest BCUT2D eigenvalue weighted by Gasteiger charge is 2.28. The van der Waals surface area contributed by atoms with Gasteiger partial charge in [0.15, 0.2) is 0 Å². The number of carbonyl (C=O) groups excluding carboxylic acids is 1. The molecule has 19 heavy (non-hydrogen) atoms. The van der Waals surface area contributed by atoms with E-state index in [1.54, 1.807) is 18.2 Å². The first-order chi connectivity index (χ1) is 8.99. The molecule has 0 radical (unpaired) electrons. The summed E-state index contributed by atoms with van der Waals surface area (Å²) in [5, 5.41) is 22.4. The average Bonchev–Trinajstić information content (AvgIpc) is 2.28. The van der Waals surface area contributed by atoms with Crippen molar-refractivity contribution in [2.24, 2.45) is 0 Å². The van der Waals surface area contributed by atoms with Crippen molar-refractivity contribution in [3.8, 4) is 5.75 Å². The summed E-state index contributed by atoms with van der Waals surface area (Å²) in [6, 6.07) is 6.39. The second-order valence-corrected chi connectivity index (χ2v) is 5.00. The molecule has 1 amide bonds. The Hall–Kier alpha value is -1.55. The number of hydrogen-bond acceptors (Lipinski definition) is 3. The van der Waals surface area contributed by atoms with Crippen LogP contribution in [0.5, 0.6) is 5.75 Å². The predicted molar refractivity (Wildman–Crippen MR) is 76.1 cm³/mol. The molecule has 1 aromatic carbocycles. The number of benzene rings is 1. The number of nitrogens with one attached hydrogen (secondary N) is 1. The van der Waals surface area contributed by atoms with E-state index in [0.29, 0.717) is 18.5 Å². The first-order valence-corrected chi connectivity index (χ1v) is 6.80. The second-order valence-electron chi connectivity index (χ2n) is 5.00. The Morgan fingerprint density at radius 2 is 1.89 bits per heavy atom. The third kappa shape index (κ3) is 5.30. The summed E-state index contributed by atoms with van der Waals surface area (Å²) in [5.74, 6) is -0.120. The van der Waals surface area contributed by atoms with Crippen LogP contribution in [0.25, 0.3) is 0 Å². The minimum Gasteiger partial charge on any atom is -0.508 e. The molecule has 0 saturated carbocycles. The normalized spacial score (nSPS) is 11.3. The molecule has 4 heteroatoms. The Morgan fingerprint density at radius 1 is 1.26 bits per heavy atom. The third-order valence-corrected chi connectivity index (χ3v) is 3.05. The van der Waals surface area contributed by atoms with Gasteiger partial charge in [-0.05, 0) is 25.0 Å². The minimum atomic E-state index is -0.926. The van der Waals surface area contributed by atoms with Crippen LogP contribution in [-0.4, -0.2) is 21.7 Å². The predicted octanol–water partition coefficient (Wildman–Crippen LogP) is 3.05. The quantitative estimate of drug-likeness (QED) is 0.709. The highest BCUT2D eigenvalue weighted by molar-refractivity contribution is 5.91. The van der Waals surface area contributed by atoms with Crippen molar-refractivity contribution in [3.63, 3.8) is 0 Å². The van der Waals surface area contributed by atoms with Gasteiger partial charge in [0.2, 0.25) is 5.91 Å². The molecule has 0 spiro atoms. The molecule has 0 heterocycles. The van der Waals surface area contributed by atoms with Gasteiger partial charge in [-0.2, -0.15) is 0 Å². The number of phenols is 1. The number of anilines is 1. The molecule has 3 N–H and O–H groups in total. The van der Waals surface area contributed by atoms with Crippen LogP contribution in [0.2, 0.25) is 0 Å². The molecule has 0 bridgehead atoms. The molecule has 0 saturated heterocycles. The monoisotopic (exact) mass is 265 g/mol. The van der Waals surface area contributed by atoms with Crippen LogP contribution in [0, 0.1) is 0 Å². The molecule has 0 aliphatic carbocycles. The van der Waals surface area contributed by atoms with Crippen LogP contribution < -0.4 is 5.32 Å². The highest BCUT2D eigenvalue weighted by Crippen LogP contribution is 2.24. The van der Waals surface area contributed by atoms with Gasteiger partial charge in [-0.15, -0.1) is 0 Å². The van der Waals surface area contributed by atoms with Crippen LogP contribution in [-0.2, 0) is 4.79 Å². The van der Waals surface area contributed by atoms with Gasteiger partial charge in [0.1, 0.15) is 5.75 Å². The summed E-state index contributed by atoms with van der Waals surface area (Å²) in [6.07, 6.45) is 3.01. The molecule has 0 aromatic heterocycles. The fourth-order valence-electron chi connectivity index (χ4n) is 2.32. The zero-order valence-corrected chi connectivity index (χ0v) is 11.6. The van der Waals surface area contributed by atoms with Gasteiger partial charge < -0.3 is 15.5 Å². The number of hydrogen-bond donors (Lipinski definition) is 3. The molecule has 106 valence electrons. The Bertz CT molecular complexity index is 412. The van der Waals surface area contributed by atoms with E-state index in [9.17, 15) is 15.0 Å². The van der Waals surface area contributed by atoms with Crippen LogP contribution in [0.1, 0.15) is 46.0 Å². The number of aromatic hydroxyl groups is 1. The summed E-state index contributed by atoms with van der Waals surface area (Å²) in [5.41, 5.74) is -0.384. The van der Waals surface area contributed by atoms with E-state index in [4.69, 9.17) is 0 Å². The first-order valence-electron chi connectivity index (χ1n) is 6.80. The van der Waals surface area contributed by atoms with Gasteiger partial charge in [0.25, 0.3) is 0 Å². The summed E-state index contributed by atoms with van der Waals surface area (Å²) < 4.78 is 0. The minimum absolute atomic E-state index is 0.0876. The lowest BCUT2D eigenvalue weighted by atomic mass is 9.89. The lowest BCUT2D eigenvalue weighted by Crippen LogP contribution is -2.33. The van der Waals surface area contributed by atoms with Gasteiger partial charge in [-0.25, -0.2) is 0 Å². The summed E-state index contributed by atoms with van der Waals surface area (Å²) in [7, 11) is 0. The van der Waals surface area contributed by atoms with Crippen molar-refractivity contribution in [1.29, 1.82) is 0 Å². The Balaban J connectivity index is 2.62. The number of rotatable bonds is 7. The molecule has 4 nitrogen and oxygen atoms in total. The van der Waals surface area contributed by atoms with Gasteiger partial charge in [-0.3, -0.25) is 4.79 Å². The van der Waals surface area contributed by atoms with Crippen LogP contribution in [0.15, 0.2) is 24.3 Å².